The van der Waals surface area contributed by atoms with Gasteiger partial charge >= 0.3 is 0 Å². The molecule has 0 N–H and O–H groups in total. The van der Waals surface area contributed by atoms with Gasteiger partial charge in [-0.1, -0.05) is 0 Å². The van der Waals surface area contributed by atoms with Crippen LogP contribution >= 0.6 is 0 Å². The van der Waals surface area contributed by atoms with Crippen LogP contribution in [0.15, 0.2) is 6.20 Å². The Morgan fingerprint density at radius 3 is 2.57 bits per heavy atom. The SMILES string of the molecule is COc1nc(C)cn2c(C)c(C)nc12. The lowest BCUT2D eigenvalue weighted by molar-refractivity contribution is 0.399. The highest BCUT2D eigenvalue weighted by atomic mass is 16.5. The lowest BCUT2D eigenvalue weighted by Gasteiger charge is -2.03. The zero-order chi connectivity index (χ0) is 10.3. The maximum absolute atomic E-state index is 5.18. The number of aryl methyl sites for hydroxylation is 3. The van der Waals surface area contributed by atoms with E-state index in [1.807, 2.05) is 31.4 Å². The topological polar surface area (TPSA) is 39.4 Å². The molecule has 0 amide bonds. The Hall–Kier alpha value is -1.58. The minimum atomic E-state index is 0.584. The first-order chi connectivity index (χ1) is 6.63. The third kappa shape index (κ3) is 1.14. The zero-order valence-corrected chi connectivity index (χ0v) is 8.83. The van der Waals surface area contributed by atoms with Crippen LogP contribution in [0.25, 0.3) is 5.65 Å². The lowest BCUT2D eigenvalue weighted by Crippen LogP contribution is -1.97. The number of hydrogen-bond acceptors (Lipinski definition) is 3. The van der Waals surface area contributed by atoms with Crippen molar-refractivity contribution in [3.63, 3.8) is 0 Å². The molecular weight excluding hydrogens is 178 g/mol. The standard InChI is InChI=1S/C10H13N3O/c1-6-5-13-8(3)7(2)12-9(13)10(11-6)14-4/h5H,1-4H3. The molecule has 0 aliphatic carbocycles. The number of nitrogens with zero attached hydrogens (tertiary/aromatic N) is 3. The Labute approximate surface area is 82.6 Å². The minimum absolute atomic E-state index is 0.584. The summed E-state index contributed by atoms with van der Waals surface area (Å²) in [4.78, 5) is 8.67. The molecule has 0 fully saturated rings. The third-order valence-electron chi connectivity index (χ3n) is 2.37. The molecule has 0 aliphatic heterocycles. The summed E-state index contributed by atoms with van der Waals surface area (Å²) < 4.78 is 7.19. The molecule has 0 aromatic carbocycles. The van der Waals surface area contributed by atoms with E-state index in [0.717, 1.165) is 22.7 Å². The molecule has 0 saturated heterocycles. The average molecular weight is 191 g/mol. The average Bonchev–Trinajstić information content (AvgIpc) is 2.43. The zero-order valence-electron chi connectivity index (χ0n) is 8.83. The molecule has 0 unspecified atom stereocenters. The number of hydrogen-bond donors (Lipinski definition) is 0. The van der Waals surface area contributed by atoms with Crippen LogP contribution in [0.1, 0.15) is 17.1 Å². The van der Waals surface area contributed by atoms with Gasteiger partial charge in [-0.05, 0) is 20.8 Å². The molecule has 4 nitrogen and oxygen atoms in total. The number of aromatic nitrogens is 3. The van der Waals surface area contributed by atoms with Crippen LogP contribution in [0.3, 0.4) is 0 Å². The largest absolute Gasteiger partial charge is 0.478 e. The van der Waals surface area contributed by atoms with Crippen LogP contribution in [-0.4, -0.2) is 21.5 Å². The fourth-order valence-electron chi connectivity index (χ4n) is 1.50. The van der Waals surface area contributed by atoms with Crippen molar-refractivity contribution in [3.05, 3.63) is 23.3 Å². The Balaban J connectivity index is 2.87. The fourth-order valence-corrected chi connectivity index (χ4v) is 1.50. The summed E-state index contributed by atoms with van der Waals surface area (Å²) in [6, 6.07) is 0. The van der Waals surface area contributed by atoms with Crippen molar-refractivity contribution in [1.29, 1.82) is 0 Å². The summed E-state index contributed by atoms with van der Waals surface area (Å²) in [5.74, 6) is 0.584. The smallest absolute Gasteiger partial charge is 0.258 e. The van der Waals surface area contributed by atoms with Crippen molar-refractivity contribution >= 4 is 5.65 Å². The summed E-state index contributed by atoms with van der Waals surface area (Å²) in [5.41, 5.74) is 3.85. The molecule has 0 bridgehead atoms. The van der Waals surface area contributed by atoms with E-state index in [2.05, 4.69) is 9.97 Å². The molecule has 2 aromatic heterocycles. The second-order valence-electron chi connectivity index (χ2n) is 3.37. The normalized spacial score (nSPS) is 10.9. The van der Waals surface area contributed by atoms with Crippen LogP contribution in [0.2, 0.25) is 0 Å². The van der Waals surface area contributed by atoms with Crippen molar-refractivity contribution in [1.82, 2.24) is 14.4 Å². The highest BCUT2D eigenvalue weighted by Gasteiger charge is 2.10. The molecule has 2 rings (SSSR count). The van der Waals surface area contributed by atoms with Gasteiger partial charge in [-0.15, -0.1) is 0 Å². The second-order valence-corrected chi connectivity index (χ2v) is 3.37. The molecule has 2 heterocycles. The predicted octanol–water partition coefficient (Wildman–Crippen LogP) is 1.66. The third-order valence-corrected chi connectivity index (χ3v) is 2.37. The van der Waals surface area contributed by atoms with E-state index in [-0.39, 0.29) is 0 Å². The van der Waals surface area contributed by atoms with Crippen molar-refractivity contribution in [3.8, 4) is 5.88 Å². The van der Waals surface area contributed by atoms with Gasteiger partial charge in [0.25, 0.3) is 5.88 Å². The van der Waals surface area contributed by atoms with E-state index in [0.29, 0.717) is 5.88 Å². The summed E-state index contributed by atoms with van der Waals surface area (Å²) >= 11 is 0. The molecule has 74 valence electrons. The van der Waals surface area contributed by atoms with Crippen molar-refractivity contribution < 1.29 is 4.74 Å². The lowest BCUT2D eigenvalue weighted by atomic mass is 10.4. The Morgan fingerprint density at radius 1 is 1.21 bits per heavy atom. The summed E-state index contributed by atoms with van der Waals surface area (Å²) in [7, 11) is 1.61. The van der Waals surface area contributed by atoms with Crippen LogP contribution in [0, 0.1) is 20.8 Å². The Kier molecular flexibility index (Phi) is 1.91. The quantitative estimate of drug-likeness (QED) is 0.688. The second kappa shape index (κ2) is 2.97. The summed E-state index contributed by atoms with van der Waals surface area (Å²) in [5, 5.41) is 0. The Bertz CT molecular complexity index is 488. The molecule has 0 atom stereocenters. The maximum Gasteiger partial charge on any atom is 0.258 e. The monoisotopic (exact) mass is 191 g/mol. The molecule has 0 radical (unpaired) electrons. The van der Waals surface area contributed by atoms with E-state index in [1.54, 1.807) is 7.11 Å². The first kappa shape index (κ1) is 8.99. The minimum Gasteiger partial charge on any atom is -0.478 e. The molecule has 0 spiro atoms. The van der Waals surface area contributed by atoms with Crippen LogP contribution in [0.4, 0.5) is 0 Å². The first-order valence-electron chi connectivity index (χ1n) is 4.50. The molecule has 0 aliphatic rings. The van der Waals surface area contributed by atoms with Gasteiger partial charge in [-0.3, -0.25) is 4.40 Å². The Morgan fingerprint density at radius 2 is 1.93 bits per heavy atom. The number of fused-ring (bicyclic) bond motifs is 1. The number of imidazole rings is 1. The maximum atomic E-state index is 5.18. The highest BCUT2D eigenvalue weighted by Crippen LogP contribution is 2.19. The van der Waals surface area contributed by atoms with Gasteiger partial charge in [0, 0.05) is 11.9 Å². The van der Waals surface area contributed by atoms with Gasteiger partial charge in [-0.2, -0.15) is 0 Å². The highest BCUT2D eigenvalue weighted by molar-refractivity contribution is 5.52. The number of rotatable bonds is 1. The van der Waals surface area contributed by atoms with Gasteiger partial charge in [0.1, 0.15) is 0 Å². The van der Waals surface area contributed by atoms with E-state index >= 15 is 0 Å². The van der Waals surface area contributed by atoms with Crippen LogP contribution in [0.5, 0.6) is 5.88 Å². The van der Waals surface area contributed by atoms with Crippen LogP contribution < -0.4 is 4.74 Å². The van der Waals surface area contributed by atoms with E-state index in [4.69, 9.17) is 4.74 Å². The van der Waals surface area contributed by atoms with Crippen molar-refractivity contribution in [2.45, 2.75) is 20.8 Å². The summed E-state index contributed by atoms with van der Waals surface area (Å²) in [6.07, 6.45) is 1.97. The predicted molar refractivity (Wildman–Crippen MR) is 53.8 cm³/mol. The number of ether oxygens (including phenoxy) is 1. The van der Waals surface area contributed by atoms with E-state index in [1.165, 1.54) is 0 Å². The van der Waals surface area contributed by atoms with Gasteiger partial charge in [-0.25, -0.2) is 9.97 Å². The molecule has 14 heavy (non-hydrogen) atoms. The van der Waals surface area contributed by atoms with Crippen molar-refractivity contribution in [2.24, 2.45) is 0 Å². The van der Waals surface area contributed by atoms with Gasteiger partial charge in [0.2, 0.25) is 5.65 Å². The van der Waals surface area contributed by atoms with Gasteiger partial charge in [0.15, 0.2) is 0 Å². The molecule has 0 saturated carbocycles. The van der Waals surface area contributed by atoms with Crippen molar-refractivity contribution in [2.75, 3.05) is 7.11 Å². The molecule has 4 heteroatoms. The van der Waals surface area contributed by atoms with E-state index in [9.17, 15) is 0 Å². The van der Waals surface area contributed by atoms with E-state index < -0.39 is 0 Å². The van der Waals surface area contributed by atoms with Gasteiger partial charge in [0.05, 0.1) is 18.5 Å². The summed E-state index contributed by atoms with van der Waals surface area (Å²) in [6.45, 7) is 5.96. The van der Waals surface area contributed by atoms with Gasteiger partial charge < -0.3 is 4.74 Å². The first-order valence-corrected chi connectivity index (χ1v) is 4.50. The number of methoxy groups -OCH3 is 1. The fraction of sp³-hybridized carbons (Fsp3) is 0.400. The van der Waals surface area contributed by atoms with Crippen LogP contribution in [-0.2, 0) is 0 Å². The molecule has 2 aromatic rings. The molecular formula is C10H13N3O.